The molecule has 1 saturated heterocycles. The van der Waals surface area contributed by atoms with Gasteiger partial charge in [-0.2, -0.15) is 0 Å². The van der Waals surface area contributed by atoms with Gasteiger partial charge in [-0.1, -0.05) is 17.7 Å². The van der Waals surface area contributed by atoms with Gasteiger partial charge in [0.05, 0.1) is 6.42 Å². The number of primary amides is 1. The fourth-order valence-corrected chi connectivity index (χ4v) is 2.44. The lowest BCUT2D eigenvalue weighted by Gasteiger charge is -2.34. The molecule has 1 aliphatic heterocycles. The molecule has 1 aromatic carbocycles. The molecule has 0 radical (unpaired) electrons. The number of hydrogen-bond donors (Lipinski definition) is 2. The highest BCUT2D eigenvalue weighted by molar-refractivity contribution is 6.31. The van der Waals surface area contributed by atoms with E-state index in [0.717, 1.165) is 0 Å². The number of halogens is 2. The van der Waals surface area contributed by atoms with Crippen molar-refractivity contribution in [2.45, 2.75) is 12.5 Å². The minimum atomic E-state index is -0.707. The van der Waals surface area contributed by atoms with Crippen LogP contribution in [0.25, 0.3) is 0 Å². The number of carbonyl (C=O) groups is 2. The van der Waals surface area contributed by atoms with Crippen LogP contribution in [0.5, 0.6) is 0 Å². The summed E-state index contributed by atoms with van der Waals surface area (Å²) in [6.07, 6.45) is -0.185. The molecule has 108 valence electrons. The van der Waals surface area contributed by atoms with Crippen molar-refractivity contribution in [3.05, 3.63) is 34.6 Å². The molecule has 5 nitrogen and oxygen atoms in total. The van der Waals surface area contributed by atoms with Gasteiger partial charge >= 0.3 is 0 Å². The van der Waals surface area contributed by atoms with Crippen LogP contribution in [-0.2, 0) is 16.0 Å². The lowest BCUT2D eigenvalue weighted by atomic mass is 10.1. The fraction of sp³-hybridized carbons (Fsp3) is 0.385. The summed E-state index contributed by atoms with van der Waals surface area (Å²) in [5.74, 6) is -1.47. The van der Waals surface area contributed by atoms with Crippen LogP contribution in [0.2, 0.25) is 5.02 Å². The molecule has 0 aromatic heterocycles. The van der Waals surface area contributed by atoms with Gasteiger partial charge in [0.1, 0.15) is 11.9 Å². The Morgan fingerprint density at radius 1 is 1.50 bits per heavy atom. The van der Waals surface area contributed by atoms with Crippen molar-refractivity contribution >= 4 is 23.4 Å². The summed E-state index contributed by atoms with van der Waals surface area (Å²) >= 11 is 5.90. The lowest BCUT2D eigenvalue weighted by molar-refractivity contribution is -0.139. The monoisotopic (exact) mass is 299 g/mol. The third-order valence-electron chi connectivity index (χ3n) is 3.28. The van der Waals surface area contributed by atoms with E-state index in [0.29, 0.717) is 19.6 Å². The SMILES string of the molecule is NC(=O)C1CNCCN1C(=O)Cc1c(F)cccc1Cl. The first-order valence-corrected chi connectivity index (χ1v) is 6.61. The van der Waals surface area contributed by atoms with E-state index < -0.39 is 17.8 Å². The maximum atomic E-state index is 13.7. The molecule has 1 aliphatic rings. The van der Waals surface area contributed by atoms with E-state index in [1.165, 1.54) is 23.1 Å². The average molecular weight is 300 g/mol. The van der Waals surface area contributed by atoms with Gasteiger partial charge in [0, 0.05) is 30.2 Å². The number of nitrogens with one attached hydrogen (secondary N) is 1. The Labute approximate surface area is 120 Å². The summed E-state index contributed by atoms with van der Waals surface area (Å²) < 4.78 is 13.7. The molecule has 2 amide bonds. The van der Waals surface area contributed by atoms with Crippen LogP contribution in [0.15, 0.2) is 18.2 Å². The number of hydrogen-bond acceptors (Lipinski definition) is 3. The third-order valence-corrected chi connectivity index (χ3v) is 3.64. The summed E-state index contributed by atoms with van der Waals surface area (Å²) in [5.41, 5.74) is 5.42. The van der Waals surface area contributed by atoms with Crippen molar-refractivity contribution in [1.82, 2.24) is 10.2 Å². The van der Waals surface area contributed by atoms with E-state index >= 15 is 0 Å². The Morgan fingerprint density at radius 3 is 2.90 bits per heavy atom. The number of benzene rings is 1. The Hall–Kier alpha value is -1.66. The first-order valence-electron chi connectivity index (χ1n) is 6.23. The number of nitrogens with zero attached hydrogens (tertiary/aromatic N) is 1. The summed E-state index contributed by atoms with van der Waals surface area (Å²) in [5, 5.41) is 3.19. The minimum absolute atomic E-state index is 0.140. The number of nitrogens with two attached hydrogens (primary N) is 1. The van der Waals surface area contributed by atoms with Crippen LogP contribution in [0.1, 0.15) is 5.56 Å². The second kappa shape index (κ2) is 6.19. The van der Waals surface area contributed by atoms with Gasteiger partial charge in [0.25, 0.3) is 0 Å². The summed E-state index contributed by atoms with van der Waals surface area (Å²) in [7, 11) is 0. The highest BCUT2D eigenvalue weighted by atomic mass is 35.5. The molecular weight excluding hydrogens is 285 g/mol. The Morgan fingerprint density at radius 2 is 2.25 bits per heavy atom. The van der Waals surface area contributed by atoms with Gasteiger partial charge < -0.3 is 16.0 Å². The molecular formula is C13H15ClFN3O2. The fourth-order valence-electron chi connectivity index (χ4n) is 2.21. The lowest BCUT2D eigenvalue weighted by Crippen LogP contribution is -2.59. The normalized spacial score (nSPS) is 18.9. The highest BCUT2D eigenvalue weighted by Gasteiger charge is 2.31. The Balaban J connectivity index is 2.16. The Kier molecular flexibility index (Phi) is 4.57. The number of rotatable bonds is 3. The van der Waals surface area contributed by atoms with Crippen LogP contribution >= 0.6 is 11.6 Å². The molecule has 1 atom stereocenters. The zero-order chi connectivity index (χ0) is 14.7. The van der Waals surface area contributed by atoms with E-state index in [1.807, 2.05) is 0 Å². The molecule has 2 rings (SSSR count). The first-order chi connectivity index (χ1) is 9.50. The van der Waals surface area contributed by atoms with Crippen molar-refractivity contribution in [2.75, 3.05) is 19.6 Å². The molecule has 0 bridgehead atoms. The molecule has 1 heterocycles. The highest BCUT2D eigenvalue weighted by Crippen LogP contribution is 2.20. The van der Waals surface area contributed by atoms with Crippen molar-refractivity contribution in [1.29, 1.82) is 0 Å². The van der Waals surface area contributed by atoms with E-state index in [1.54, 1.807) is 0 Å². The van der Waals surface area contributed by atoms with Crippen molar-refractivity contribution in [3.8, 4) is 0 Å². The van der Waals surface area contributed by atoms with Gasteiger partial charge in [-0.25, -0.2) is 4.39 Å². The van der Waals surface area contributed by atoms with Crippen molar-refractivity contribution in [3.63, 3.8) is 0 Å². The van der Waals surface area contributed by atoms with Gasteiger partial charge in [0.2, 0.25) is 11.8 Å². The second-order valence-electron chi connectivity index (χ2n) is 4.59. The van der Waals surface area contributed by atoms with Crippen LogP contribution in [0.3, 0.4) is 0 Å². The van der Waals surface area contributed by atoms with Gasteiger partial charge in [-0.15, -0.1) is 0 Å². The van der Waals surface area contributed by atoms with Crippen LogP contribution in [-0.4, -0.2) is 42.4 Å². The van der Waals surface area contributed by atoms with E-state index in [-0.39, 0.29) is 22.9 Å². The van der Waals surface area contributed by atoms with Crippen LogP contribution in [0, 0.1) is 5.82 Å². The van der Waals surface area contributed by atoms with Crippen LogP contribution < -0.4 is 11.1 Å². The van der Waals surface area contributed by atoms with E-state index in [9.17, 15) is 14.0 Å². The third kappa shape index (κ3) is 3.08. The summed E-state index contributed by atoms with van der Waals surface area (Å²) in [6, 6.07) is 3.54. The summed E-state index contributed by atoms with van der Waals surface area (Å²) in [6.45, 7) is 1.24. The Bertz CT molecular complexity index is 518. The molecule has 1 fully saturated rings. The first kappa shape index (κ1) is 14.7. The maximum Gasteiger partial charge on any atom is 0.241 e. The number of carbonyl (C=O) groups excluding carboxylic acids is 2. The minimum Gasteiger partial charge on any atom is -0.368 e. The topological polar surface area (TPSA) is 75.4 Å². The molecule has 1 unspecified atom stereocenters. The number of piperazine rings is 1. The molecule has 0 spiro atoms. The van der Waals surface area contributed by atoms with Gasteiger partial charge in [0.15, 0.2) is 0 Å². The van der Waals surface area contributed by atoms with Gasteiger partial charge in [-0.05, 0) is 12.1 Å². The van der Waals surface area contributed by atoms with Crippen molar-refractivity contribution in [2.24, 2.45) is 5.73 Å². The average Bonchev–Trinajstić information content (AvgIpc) is 2.43. The number of amides is 2. The predicted octanol–water partition coefficient (Wildman–Crippen LogP) is 0.307. The van der Waals surface area contributed by atoms with E-state index in [4.69, 9.17) is 17.3 Å². The molecule has 0 saturated carbocycles. The maximum absolute atomic E-state index is 13.7. The zero-order valence-electron chi connectivity index (χ0n) is 10.7. The smallest absolute Gasteiger partial charge is 0.241 e. The summed E-state index contributed by atoms with van der Waals surface area (Å²) in [4.78, 5) is 25.0. The van der Waals surface area contributed by atoms with Gasteiger partial charge in [-0.3, -0.25) is 9.59 Å². The molecule has 20 heavy (non-hydrogen) atoms. The van der Waals surface area contributed by atoms with Crippen molar-refractivity contribution < 1.29 is 14.0 Å². The molecule has 1 aromatic rings. The second-order valence-corrected chi connectivity index (χ2v) is 4.99. The quantitative estimate of drug-likeness (QED) is 0.843. The standard InChI is InChI=1S/C13H15ClFN3O2/c14-9-2-1-3-10(15)8(9)6-12(19)18-5-4-17-7-11(18)13(16)20/h1-3,11,17H,4-7H2,(H2,16,20). The van der Waals surface area contributed by atoms with E-state index in [2.05, 4.69) is 5.32 Å². The predicted molar refractivity (Wildman–Crippen MR) is 72.7 cm³/mol. The van der Waals surface area contributed by atoms with Crippen LogP contribution in [0.4, 0.5) is 4.39 Å². The molecule has 7 heteroatoms. The molecule has 0 aliphatic carbocycles. The molecule has 3 N–H and O–H groups in total. The largest absolute Gasteiger partial charge is 0.368 e. The zero-order valence-corrected chi connectivity index (χ0v) is 11.5.